The third-order valence-corrected chi connectivity index (χ3v) is 3.68. The molecule has 0 aliphatic carbocycles. The number of nitrogens with zero attached hydrogens (tertiary/aromatic N) is 4. The Morgan fingerprint density at radius 1 is 1.21 bits per heavy atom. The number of aromatic nitrogens is 4. The first kappa shape index (κ1) is 19.3. The number of halogens is 4. The fourth-order valence-corrected chi connectivity index (χ4v) is 2.37. The molecule has 0 aliphatic rings. The number of benzene rings is 1. The van der Waals surface area contributed by atoms with Gasteiger partial charge in [0, 0.05) is 32.1 Å². The van der Waals surface area contributed by atoms with Gasteiger partial charge in [-0.25, -0.2) is 22.5 Å². The molecule has 0 saturated carbocycles. The molecule has 148 valence electrons. The minimum atomic E-state index is -2.54. The highest BCUT2D eigenvalue weighted by Gasteiger charge is 2.12. The SMILES string of the molecule is N=Cc1cnc(Nc2cnn(CC(F)F)c2)nc1NCc1c(F)cccc1F.[HH]. The predicted octanol–water partition coefficient (Wildman–Crippen LogP) is 3.82. The van der Waals surface area contributed by atoms with Gasteiger partial charge < -0.3 is 16.0 Å². The lowest BCUT2D eigenvalue weighted by Gasteiger charge is -2.11. The van der Waals surface area contributed by atoms with E-state index in [0.29, 0.717) is 11.3 Å². The van der Waals surface area contributed by atoms with Crippen LogP contribution in [0.15, 0.2) is 36.8 Å². The van der Waals surface area contributed by atoms with E-state index < -0.39 is 24.6 Å². The van der Waals surface area contributed by atoms with Crippen LogP contribution in [0.3, 0.4) is 0 Å². The molecule has 0 unspecified atom stereocenters. The van der Waals surface area contributed by atoms with Crippen LogP contribution in [-0.4, -0.2) is 32.4 Å². The molecule has 0 amide bonds. The van der Waals surface area contributed by atoms with Crippen LogP contribution in [0.5, 0.6) is 0 Å². The Morgan fingerprint density at radius 2 is 1.96 bits per heavy atom. The number of alkyl halides is 2. The molecule has 3 aromatic rings. The lowest BCUT2D eigenvalue weighted by atomic mass is 10.2. The van der Waals surface area contributed by atoms with Crippen molar-refractivity contribution in [2.24, 2.45) is 0 Å². The molecule has 28 heavy (non-hydrogen) atoms. The Balaban J connectivity index is 0.00000300. The summed E-state index contributed by atoms with van der Waals surface area (Å²) in [5.41, 5.74) is 0.518. The van der Waals surface area contributed by atoms with E-state index in [1.807, 2.05) is 0 Å². The number of hydrogen-bond acceptors (Lipinski definition) is 6. The van der Waals surface area contributed by atoms with Gasteiger partial charge >= 0.3 is 0 Å². The lowest BCUT2D eigenvalue weighted by molar-refractivity contribution is 0.122. The molecule has 0 saturated heterocycles. The topological polar surface area (TPSA) is 91.5 Å². The molecule has 0 bridgehead atoms. The molecule has 0 radical (unpaired) electrons. The van der Waals surface area contributed by atoms with Gasteiger partial charge in [-0.3, -0.25) is 4.68 Å². The number of anilines is 3. The molecule has 3 rings (SSSR count). The third kappa shape index (κ3) is 4.61. The summed E-state index contributed by atoms with van der Waals surface area (Å²) in [6.07, 6.45) is 2.49. The van der Waals surface area contributed by atoms with Crippen molar-refractivity contribution in [3.63, 3.8) is 0 Å². The van der Waals surface area contributed by atoms with Gasteiger partial charge in [-0.05, 0) is 12.1 Å². The zero-order valence-corrected chi connectivity index (χ0v) is 14.3. The Bertz CT molecular complexity index is 960. The van der Waals surface area contributed by atoms with E-state index >= 15 is 0 Å². The monoisotopic (exact) mass is 395 g/mol. The molecule has 7 nitrogen and oxygen atoms in total. The van der Waals surface area contributed by atoms with Gasteiger partial charge in [0.25, 0.3) is 6.43 Å². The Hall–Kier alpha value is -3.50. The van der Waals surface area contributed by atoms with Gasteiger partial charge in [0.15, 0.2) is 0 Å². The van der Waals surface area contributed by atoms with Crippen molar-refractivity contribution in [2.45, 2.75) is 19.5 Å². The van der Waals surface area contributed by atoms with Gasteiger partial charge in [-0.15, -0.1) is 0 Å². The highest BCUT2D eigenvalue weighted by atomic mass is 19.3. The highest BCUT2D eigenvalue weighted by Crippen LogP contribution is 2.19. The Morgan fingerprint density at radius 3 is 2.64 bits per heavy atom. The summed E-state index contributed by atoms with van der Waals surface area (Å²) in [5, 5.41) is 16.8. The van der Waals surface area contributed by atoms with Crippen molar-refractivity contribution in [3.8, 4) is 0 Å². The summed E-state index contributed by atoms with van der Waals surface area (Å²) < 4.78 is 53.4. The molecular weight excluding hydrogens is 378 g/mol. The van der Waals surface area contributed by atoms with Crippen molar-refractivity contribution in [1.82, 2.24) is 19.7 Å². The summed E-state index contributed by atoms with van der Waals surface area (Å²) in [6.45, 7) is -0.738. The van der Waals surface area contributed by atoms with Crippen LogP contribution in [0.2, 0.25) is 0 Å². The number of rotatable bonds is 8. The maximum absolute atomic E-state index is 13.8. The minimum absolute atomic E-state index is 0. The molecule has 0 atom stereocenters. The largest absolute Gasteiger partial charge is 0.365 e. The molecule has 0 spiro atoms. The van der Waals surface area contributed by atoms with E-state index in [9.17, 15) is 17.6 Å². The van der Waals surface area contributed by atoms with E-state index in [-0.39, 0.29) is 25.3 Å². The number of nitrogens with one attached hydrogen (secondary N) is 3. The molecule has 2 heterocycles. The fourth-order valence-electron chi connectivity index (χ4n) is 2.37. The molecule has 11 heteroatoms. The van der Waals surface area contributed by atoms with Crippen molar-refractivity contribution in [2.75, 3.05) is 10.6 Å². The molecule has 1 aromatic carbocycles. The van der Waals surface area contributed by atoms with E-state index in [1.165, 1.54) is 24.7 Å². The summed E-state index contributed by atoms with van der Waals surface area (Å²) in [7, 11) is 0. The van der Waals surface area contributed by atoms with Crippen LogP contribution in [0, 0.1) is 17.0 Å². The first-order chi connectivity index (χ1) is 13.5. The van der Waals surface area contributed by atoms with E-state index in [1.54, 1.807) is 0 Å². The average Bonchev–Trinajstić information content (AvgIpc) is 3.07. The standard InChI is InChI=1S/C17H15F4N7.H2/c18-13-2-1-3-14(19)12(13)7-23-16-10(4-22)5-24-17(27-16)26-11-6-25-28(8-11)9-15(20)21;/h1-6,8,15,22H,7,9H2,(H2,23,24,26,27);1H. The molecule has 3 N–H and O–H groups in total. The molecule has 0 fully saturated rings. The molecular formula is C17H17F4N7. The Kier molecular flexibility index (Phi) is 5.82. The first-order valence-electron chi connectivity index (χ1n) is 8.08. The summed E-state index contributed by atoms with van der Waals surface area (Å²) in [6, 6.07) is 3.54. The normalized spacial score (nSPS) is 10.9. The predicted molar refractivity (Wildman–Crippen MR) is 97.2 cm³/mol. The van der Waals surface area contributed by atoms with Crippen LogP contribution >= 0.6 is 0 Å². The minimum Gasteiger partial charge on any atom is -0.365 e. The average molecular weight is 395 g/mol. The van der Waals surface area contributed by atoms with Crippen molar-refractivity contribution < 1.29 is 19.0 Å². The second-order valence-electron chi connectivity index (χ2n) is 5.66. The van der Waals surface area contributed by atoms with Gasteiger partial charge in [-0.2, -0.15) is 10.1 Å². The summed E-state index contributed by atoms with van der Waals surface area (Å²) >= 11 is 0. The van der Waals surface area contributed by atoms with E-state index in [0.717, 1.165) is 23.0 Å². The van der Waals surface area contributed by atoms with Gasteiger partial charge in [0.1, 0.15) is 24.0 Å². The van der Waals surface area contributed by atoms with Crippen LogP contribution in [0.4, 0.5) is 35.0 Å². The van der Waals surface area contributed by atoms with Crippen LogP contribution in [-0.2, 0) is 13.1 Å². The Labute approximate surface area is 158 Å². The summed E-state index contributed by atoms with van der Waals surface area (Å²) in [5.74, 6) is -1.14. The second-order valence-corrected chi connectivity index (χ2v) is 5.66. The maximum Gasteiger partial charge on any atom is 0.257 e. The maximum atomic E-state index is 13.8. The van der Waals surface area contributed by atoms with Crippen molar-refractivity contribution in [1.29, 1.82) is 5.41 Å². The van der Waals surface area contributed by atoms with Crippen LogP contribution < -0.4 is 10.6 Å². The zero-order valence-electron chi connectivity index (χ0n) is 14.3. The number of hydrogen-bond donors (Lipinski definition) is 3. The third-order valence-electron chi connectivity index (χ3n) is 3.68. The van der Waals surface area contributed by atoms with Crippen molar-refractivity contribution in [3.05, 3.63) is 59.6 Å². The first-order valence-corrected chi connectivity index (χ1v) is 8.08. The van der Waals surface area contributed by atoms with Crippen LogP contribution in [0.25, 0.3) is 0 Å². The zero-order chi connectivity index (χ0) is 20.1. The lowest BCUT2D eigenvalue weighted by Crippen LogP contribution is -2.09. The van der Waals surface area contributed by atoms with Crippen LogP contribution in [0.1, 0.15) is 12.6 Å². The van der Waals surface area contributed by atoms with Gasteiger partial charge in [0.2, 0.25) is 5.95 Å². The van der Waals surface area contributed by atoms with Crippen molar-refractivity contribution >= 4 is 23.7 Å². The quantitative estimate of drug-likeness (QED) is 0.398. The van der Waals surface area contributed by atoms with Gasteiger partial charge in [-0.1, -0.05) is 6.07 Å². The van der Waals surface area contributed by atoms with Gasteiger partial charge in [0.05, 0.1) is 17.4 Å². The fraction of sp³-hybridized carbons (Fsp3) is 0.176. The second kappa shape index (κ2) is 8.46. The summed E-state index contributed by atoms with van der Waals surface area (Å²) in [4.78, 5) is 8.19. The molecule has 0 aliphatic heterocycles. The van der Waals surface area contributed by atoms with E-state index in [4.69, 9.17) is 5.41 Å². The van der Waals surface area contributed by atoms with E-state index in [2.05, 4.69) is 25.7 Å². The highest BCUT2D eigenvalue weighted by molar-refractivity contribution is 5.84. The molecule has 2 aromatic heterocycles. The smallest absolute Gasteiger partial charge is 0.257 e.